The Balaban J connectivity index is 1.36. The predicted molar refractivity (Wildman–Crippen MR) is 130 cm³/mol. The lowest BCUT2D eigenvalue weighted by molar-refractivity contribution is 0.000208. The van der Waals surface area contributed by atoms with E-state index < -0.39 is 11.7 Å². The molecule has 184 valence electrons. The minimum absolute atomic E-state index is 0.0214. The number of carbonyl (C=O) groups excluding carboxylic acids is 2. The van der Waals surface area contributed by atoms with Crippen LogP contribution in [0.3, 0.4) is 0 Å². The van der Waals surface area contributed by atoms with Crippen molar-refractivity contribution < 1.29 is 24.2 Å². The van der Waals surface area contributed by atoms with E-state index in [1.807, 2.05) is 53.1 Å². The number of H-pyrrole nitrogens is 1. The molecule has 0 spiro atoms. The zero-order valence-electron chi connectivity index (χ0n) is 19.8. The summed E-state index contributed by atoms with van der Waals surface area (Å²) in [4.78, 5) is 35.7. The Kier molecular flexibility index (Phi) is 5.98. The van der Waals surface area contributed by atoms with Gasteiger partial charge >= 0.3 is 12.1 Å². The molecule has 0 bridgehead atoms. The van der Waals surface area contributed by atoms with Crippen molar-refractivity contribution >= 4 is 29.1 Å². The number of anilines is 1. The second-order valence-electron chi connectivity index (χ2n) is 9.29. The first-order chi connectivity index (χ1) is 16.8. The van der Waals surface area contributed by atoms with E-state index >= 15 is 0 Å². The fourth-order valence-corrected chi connectivity index (χ4v) is 4.51. The van der Waals surface area contributed by atoms with Crippen LogP contribution >= 0.6 is 0 Å². The van der Waals surface area contributed by atoms with Crippen LogP contribution in [0.15, 0.2) is 36.4 Å². The number of nitrogens with zero attached hydrogens (tertiary/aromatic N) is 3. The maximum Gasteiger partial charge on any atom is 0.413 e. The molecule has 3 N–H and O–H groups in total. The zero-order valence-corrected chi connectivity index (χ0v) is 19.8. The lowest BCUT2D eigenvalue weighted by Gasteiger charge is -2.38. The quantitative estimate of drug-likeness (QED) is 0.517. The third-order valence-corrected chi connectivity index (χ3v) is 6.64. The van der Waals surface area contributed by atoms with E-state index in [-0.39, 0.29) is 6.03 Å². The molecule has 3 heterocycles. The number of hydrogen-bond acceptors (Lipinski definition) is 6. The number of rotatable bonds is 2. The monoisotopic (exact) mass is 479 g/mol. The molecule has 2 aliphatic rings. The van der Waals surface area contributed by atoms with Gasteiger partial charge in [0.05, 0.1) is 36.8 Å². The summed E-state index contributed by atoms with van der Waals surface area (Å²) in [6.07, 6.45) is 0.567. The van der Waals surface area contributed by atoms with Gasteiger partial charge in [0.1, 0.15) is 12.4 Å². The minimum atomic E-state index is -0.702. The number of hydrogen-bond donors (Lipinski definition) is 3. The fraction of sp³-hybridized carbons (Fsp3) is 0.400. The average molecular weight is 480 g/mol. The number of likely N-dealkylation sites (tertiary alicyclic amines) is 1. The number of methoxy groups -OCH3 is 1. The van der Waals surface area contributed by atoms with Crippen LogP contribution in [0.1, 0.15) is 25.3 Å². The molecule has 5 rings (SSSR count). The molecule has 3 amide bonds. The van der Waals surface area contributed by atoms with Crippen LogP contribution in [0.25, 0.3) is 22.2 Å². The number of aromatic nitrogens is 2. The van der Waals surface area contributed by atoms with E-state index in [2.05, 4.69) is 20.0 Å². The molecule has 10 nitrogen and oxygen atoms in total. The number of amides is 3. The molecule has 0 aliphatic carbocycles. The maximum absolute atomic E-state index is 13.2. The molecule has 10 heteroatoms. The highest BCUT2D eigenvalue weighted by Gasteiger charge is 2.32. The number of aromatic amines is 1. The van der Waals surface area contributed by atoms with Gasteiger partial charge in [-0.1, -0.05) is 12.1 Å². The van der Waals surface area contributed by atoms with Gasteiger partial charge in [-0.3, -0.25) is 5.32 Å². The topological polar surface area (TPSA) is 120 Å². The van der Waals surface area contributed by atoms with Gasteiger partial charge in [-0.15, -0.1) is 0 Å². The zero-order chi connectivity index (χ0) is 24.6. The van der Waals surface area contributed by atoms with Gasteiger partial charge in [-0.2, -0.15) is 0 Å². The Morgan fingerprint density at radius 1 is 1.11 bits per heavy atom. The molecule has 0 unspecified atom stereocenters. The van der Waals surface area contributed by atoms with Crippen molar-refractivity contribution in [2.45, 2.75) is 31.9 Å². The Morgan fingerprint density at radius 2 is 1.86 bits per heavy atom. The minimum Gasteiger partial charge on any atom is -0.491 e. The summed E-state index contributed by atoms with van der Waals surface area (Å²) in [6, 6.07) is 11.8. The van der Waals surface area contributed by atoms with E-state index in [0.717, 1.165) is 33.5 Å². The number of fused-ring (bicyclic) bond motifs is 2. The molecule has 2 aliphatic heterocycles. The SMILES string of the molecule is COC(=O)Nc1nc2ccc(-c3ccc4c(c3)CN(C(=O)N3CCC(C)(O)CC3)CCO4)cc2[nH]1. The Bertz CT molecular complexity index is 1260. The van der Waals surface area contributed by atoms with Crippen molar-refractivity contribution in [2.75, 3.05) is 38.7 Å². The van der Waals surface area contributed by atoms with Gasteiger partial charge in [0.25, 0.3) is 0 Å². The van der Waals surface area contributed by atoms with Gasteiger partial charge in [0.2, 0.25) is 5.95 Å². The highest BCUT2D eigenvalue weighted by molar-refractivity contribution is 5.88. The van der Waals surface area contributed by atoms with Crippen LogP contribution in [-0.4, -0.2) is 76.0 Å². The maximum atomic E-state index is 13.2. The van der Waals surface area contributed by atoms with Crippen molar-refractivity contribution in [3.8, 4) is 16.9 Å². The van der Waals surface area contributed by atoms with Crippen LogP contribution in [-0.2, 0) is 11.3 Å². The van der Waals surface area contributed by atoms with Gasteiger partial charge < -0.3 is 29.4 Å². The van der Waals surface area contributed by atoms with Gasteiger partial charge in [0.15, 0.2) is 0 Å². The highest BCUT2D eigenvalue weighted by atomic mass is 16.5. The Labute approximate surface area is 202 Å². The van der Waals surface area contributed by atoms with Crippen LogP contribution in [0.4, 0.5) is 15.5 Å². The Morgan fingerprint density at radius 3 is 2.63 bits per heavy atom. The summed E-state index contributed by atoms with van der Waals surface area (Å²) in [5, 5.41) is 12.7. The molecule has 0 atom stereocenters. The summed E-state index contributed by atoms with van der Waals surface area (Å²) in [5.74, 6) is 1.09. The first-order valence-corrected chi connectivity index (χ1v) is 11.7. The fourth-order valence-electron chi connectivity index (χ4n) is 4.51. The highest BCUT2D eigenvalue weighted by Crippen LogP contribution is 2.31. The third kappa shape index (κ3) is 4.88. The average Bonchev–Trinajstić information content (AvgIpc) is 3.12. The van der Waals surface area contributed by atoms with Crippen molar-refractivity contribution in [2.24, 2.45) is 0 Å². The molecular formula is C25H29N5O5. The molecule has 0 saturated carbocycles. The predicted octanol–water partition coefficient (Wildman–Crippen LogP) is 3.57. The van der Waals surface area contributed by atoms with Crippen LogP contribution in [0, 0.1) is 0 Å². The summed E-state index contributed by atoms with van der Waals surface area (Å²) in [7, 11) is 1.30. The number of benzene rings is 2. The molecule has 1 fully saturated rings. The molecular weight excluding hydrogens is 450 g/mol. The molecule has 3 aromatic rings. The number of aliphatic hydroxyl groups is 1. The van der Waals surface area contributed by atoms with Crippen molar-refractivity contribution in [3.05, 3.63) is 42.0 Å². The molecule has 0 radical (unpaired) electrons. The normalized spacial score (nSPS) is 17.3. The summed E-state index contributed by atoms with van der Waals surface area (Å²) >= 11 is 0. The van der Waals surface area contributed by atoms with Crippen LogP contribution in [0.5, 0.6) is 5.75 Å². The van der Waals surface area contributed by atoms with Crippen molar-refractivity contribution in [1.82, 2.24) is 19.8 Å². The van der Waals surface area contributed by atoms with Gasteiger partial charge in [-0.05, 0) is 55.2 Å². The number of piperidine rings is 1. The van der Waals surface area contributed by atoms with Gasteiger partial charge in [0, 0.05) is 18.7 Å². The van der Waals surface area contributed by atoms with E-state index in [1.54, 1.807) is 0 Å². The number of ether oxygens (including phenoxy) is 2. The largest absolute Gasteiger partial charge is 0.491 e. The van der Waals surface area contributed by atoms with Crippen molar-refractivity contribution in [1.29, 1.82) is 0 Å². The van der Waals surface area contributed by atoms with E-state index in [4.69, 9.17) is 4.74 Å². The second kappa shape index (κ2) is 9.10. The van der Waals surface area contributed by atoms with Crippen molar-refractivity contribution in [3.63, 3.8) is 0 Å². The molecule has 35 heavy (non-hydrogen) atoms. The third-order valence-electron chi connectivity index (χ3n) is 6.64. The van der Waals surface area contributed by atoms with Crippen LogP contribution in [0.2, 0.25) is 0 Å². The number of nitrogens with one attached hydrogen (secondary N) is 2. The first-order valence-electron chi connectivity index (χ1n) is 11.7. The Hall–Kier alpha value is -3.79. The summed E-state index contributed by atoms with van der Waals surface area (Å²) in [6.45, 7) is 4.31. The number of imidazole rings is 1. The van der Waals surface area contributed by atoms with Crippen LogP contribution < -0.4 is 10.1 Å². The standard InChI is InChI=1S/C25H29N5O5/c1-25(33)7-9-29(10-8-25)24(32)30-11-12-35-21-6-4-16(13-18(21)15-30)17-3-5-19-20(14-17)27-22(26-19)28-23(31)34-2/h3-6,13-14,33H,7-12,15H2,1-2H3,(H2,26,27,28,31). The second-order valence-corrected chi connectivity index (χ2v) is 9.29. The number of urea groups is 1. The van der Waals surface area contributed by atoms with E-state index in [9.17, 15) is 14.7 Å². The summed E-state index contributed by atoms with van der Waals surface area (Å²) in [5.41, 5.74) is 3.68. The molecule has 2 aromatic carbocycles. The van der Waals surface area contributed by atoms with Gasteiger partial charge in [-0.25, -0.2) is 14.6 Å². The van der Waals surface area contributed by atoms with E-state index in [1.165, 1.54) is 7.11 Å². The summed E-state index contributed by atoms with van der Waals surface area (Å²) < 4.78 is 10.6. The molecule has 1 aromatic heterocycles. The number of carbonyl (C=O) groups is 2. The lowest BCUT2D eigenvalue weighted by Crippen LogP contribution is -2.50. The smallest absolute Gasteiger partial charge is 0.413 e. The first kappa shape index (κ1) is 23.0. The molecule has 1 saturated heterocycles. The lowest BCUT2D eigenvalue weighted by atomic mass is 9.94. The van der Waals surface area contributed by atoms with E-state index in [0.29, 0.717) is 51.6 Å².